The molecule has 9 nitrogen and oxygen atoms in total. The number of hydrogen-bond acceptors (Lipinski definition) is 9. The summed E-state index contributed by atoms with van der Waals surface area (Å²) in [5, 5.41) is 3.33. The predicted octanol–water partition coefficient (Wildman–Crippen LogP) is 2.99. The van der Waals surface area contributed by atoms with Crippen molar-refractivity contribution in [1.82, 2.24) is 14.8 Å². The number of furan rings is 1. The van der Waals surface area contributed by atoms with Gasteiger partial charge in [0.2, 0.25) is 5.91 Å². The van der Waals surface area contributed by atoms with E-state index in [-0.39, 0.29) is 23.2 Å². The number of anilines is 1. The molecule has 0 atom stereocenters. The lowest BCUT2D eigenvalue weighted by molar-refractivity contribution is -0.117. The molecule has 34 heavy (non-hydrogen) atoms. The minimum absolute atomic E-state index is 0.0443. The second-order valence-electron chi connectivity index (χ2n) is 9.49. The van der Waals surface area contributed by atoms with Gasteiger partial charge >= 0.3 is 0 Å². The Morgan fingerprint density at radius 3 is 2.56 bits per heavy atom. The van der Waals surface area contributed by atoms with Gasteiger partial charge in [-0.1, -0.05) is 11.3 Å². The van der Waals surface area contributed by atoms with E-state index in [2.05, 4.69) is 33.9 Å². The molecule has 10 heteroatoms. The Morgan fingerprint density at radius 1 is 1.21 bits per heavy atom. The van der Waals surface area contributed by atoms with Crippen LogP contribution in [0, 0.1) is 5.92 Å². The zero-order chi connectivity index (χ0) is 24.1. The van der Waals surface area contributed by atoms with Crippen LogP contribution in [0.5, 0.6) is 0 Å². The highest BCUT2D eigenvalue weighted by Crippen LogP contribution is 2.35. The second-order valence-corrected chi connectivity index (χ2v) is 10.5. The first-order valence-corrected chi connectivity index (χ1v) is 12.6. The monoisotopic (exact) mass is 490 g/mol. The molecule has 0 aliphatic carbocycles. The number of hydrogen-bond donors (Lipinski definition) is 1. The number of carbonyl (C=O) groups excluding carboxylic acids is 2. The normalized spacial score (nSPS) is 18.8. The molecule has 4 heterocycles. The Balaban J connectivity index is 1.37. The van der Waals surface area contributed by atoms with E-state index in [1.54, 1.807) is 25.5 Å². The summed E-state index contributed by atoms with van der Waals surface area (Å²) in [5.74, 6) is 0.353. The van der Waals surface area contributed by atoms with Gasteiger partial charge in [-0.2, -0.15) is 0 Å². The molecule has 2 saturated heterocycles. The van der Waals surface area contributed by atoms with Crippen LogP contribution in [0.15, 0.2) is 22.8 Å². The van der Waals surface area contributed by atoms with Crippen molar-refractivity contribution >= 4 is 28.2 Å². The van der Waals surface area contributed by atoms with E-state index in [4.69, 9.17) is 13.9 Å². The summed E-state index contributed by atoms with van der Waals surface area (Å²) in [5.41, 5.74) is 0.312. The molecule has 2 fully saturated rings. The lowest BCUT2D eigenvalue weighted by atomic mass is 9.94. The highest BCUT2D eigenvalue weighted by molar-refractivity contribution is 7.18. The number of nitrogens with zero attached hydrogens (tertiary/aromatic N) is 3. The van der Waals surface area contributed by atoms with Crippen LogP contribution in [0.4, 0.5) is 5.13 Å². The fraction of sp³-hybridized carbons (Fsp3) is 0.625. The molecule has 1 amide bonds. The SMILES string of the molecule is COC(C)(C)CN1CCN(CC(=O)Nc2nc(-c3ccco3)c(C(=O)C3CCOCC3)s2)CC1. The van der Waals surface area contributed by atoms with Gasteiger partial charge < -0.3 is 19.2 Å². The highest BCUT2D eigenvalue weighted by atomic mass is 32.1. The number of amides is 1. The van der Waals surface area contributed by atoms with Crippen molar-refractivity contribution in [3.05, 3.63) is 23.3 Å². The molecule has 0 radical (unpaired) electrons. The maximum atomic E-state index is 13.2. The first-order valence-electron chi connectivity index (χ1n) is 11.8. The van der Waals surface area contributed by atoms with E-state index < -0.39 is 0 Å². The summed E-state index contributed by atoms with van der Waals surface area (Å²) < 4.78 is 16.5. The summed E-state index contributed by atoms with van der Waals surface area (Å²) >= 11 is 1.23. The molecule has 0 bridgehead atoms. The third kappa shape index (κ3) is 6.31. The van der Waals surface area contributed by atoms with E-state index >= 15 is 0 Å². The van der Waals surface area contributed by atoms with Crippen LogP contribution in [-0.2, 0) is 14.3 Å². The van der Waals surface area contributed by atoms with Gasteiger partial charge in [-0.3, -0.25) is 19.4 Å². The number of ketones is 1. The minimum atomic E-state index is -0.185. The Kier molecular flexibility index (Phi) is 8.15. The summed E-state index contributed by atoms with van der Waals surface area (Å²) in [4.78, 5) is 35.6. The maximum Gasteiger partial charge on any atom is 0.240 e. The van der Waals surface area contributed by atoms with Crippen molar-refractivity contribution in [1.29, 1.82) is 0 Å². The predicted molar refractivity (Wildman–Crippen MR) is 130 cm³/mol. The fourth-order valence-corrected chi connectivity index (χ4v) is 5.34. The van der Waals surface area contributed by atoms with Crippen molar-refractivity contribution in [2.24, 2.45) is 5.92 Å². The van der Waals surface area contributed by atoms with Crippen LogP contribution in [0.1, 0.15) is 36.4 Å². The summed E-state index contributed by atoms with van der Waals surface area (Å²) in [7, 11) is 1.74. The topological polar surface area (TPSA) is 97.1 Å². The lowest BCUT2D eigenvalue weighted by Gasteiger charge is -2.38. The molecule has 2 aromatic rings. The number of aromatic nitrogens is 1. The van der Waals surface area contributed by atoms with Gasteiger partial charge in [0.25, 0.3) is 0 Å². The number of piperazine rings is 1. The van der Waals surface area contributed by atoms with Crippen LogP contribution in [-0.4, -0.2) is 91.7 Å². The maximum absolute atomic E-state index is 13.2. The first-order chi connectivity index (χ1) is 16.3. The Hall–Kier alpha value is -2.11. The summed E-state index contributed by atoms with van der Waals surface area (Å²) in [6.45, 7) is 9.91. The van der Waals surface area contributed by atoms with E-state index in [0.717, 1.165) is 32.7 Å². The molecule has 0 saturated carbocycles. The zero-order valence-electron chi connectivity index (χ0n) is 20.2. The molecule has 0 spiro atoms. The van der Waals surface area contributed by atoms with Gasteiger partial charge in [0.05, 0.1) is 18.4 Å². The van der Waals surface area contributed by atoms with Gasteiger partial charge in [-0.05, 0) is 38.8 Å². The van der Waals surface area contributed by atoms with Crippen molar-refractivity contribution in [3.63, 3.8) is 0 Å². The average Bonchev–Trinajstić information content (AvgIpc) is 3.50. The van der Waals surface area contributed by atoms with Crippen molar-refractivity contribution in [3.8, 4) is 11.5 Å². The van der Waals surface area contributed by atoms with E-state index in [0.29, 0.717) is 54.1 Å². The van der Waals surface area contributed by atoms with Gasteiger partial charge in [0.1, 0.15) is 10.6 Å². The lowest BCUT2D eigenvalue weighted by Crippen LogP contribution is -2.52. The number of Topliss-reactive ketones (excluding diaryl/α,β-unsaturated/α-hetero) is 1. The number of carbonyl (C=O) groups is 2. The van der Waals surface area contributed by atoms with Crippen LogP contribution in [0.2, 0.25) is 0 Å². The molecule has 1 N–H and O–H groups in total. The van der Waals surface area contributed by atoms with E-state index in [1.165, 1.54) is 11.3 Å². The molecule has 0 aromatic carbocycles. The first kappa shape index (κ1) is 25.0. The van der Waals surface area contributed by atoms with Crippen molar-refractivity contribution < 1.29 is 23.5 Å². The fourth-order valence-electron chi connectivity index (χ4n) is 4.34. The molecule has 4 rings (SSSR count). The van der Waals surface area contributed by atoms with Crippen LogP contribution in [0.25, 0.3) is 11.5 Å². The Bertz CT molecular complexity index is 960. The molecular weight excluding hydrogens is 456 g/mol. The minimum Gasteiger partial charge on any atom is -0.463 e. The third-order valence-electron chi connectivity index (χ3n) is 6.43. The molecule has 186 valence electrons. The van der Waals surface area contributed by atoms with E-state index in [1.807, 2.05) is 0 Å². The van der Waals surface area contributed by atoms with Gasteiger partial charge in [0, 0.05) is 59.0 Å². The molecule has 2 aliphatic heterocycles. The molecular formula is C24H34N4O5S. The van der Waals surface area contributed by atoms with Gasteiger partial charge in [-0.15, -0.1) is 0 Å². The summed E-state index contributed by atoms with van der Waals surface area (Å²) in [6.07, 6.45) is 2.95. The number of methoxy groups -OCH3 is 1. The smallest absolute Gasteiger partial charge is 0.240 e. The largest absolute Gasteiger partial charge is 0.463 e. The van der Waals surface area contributed by atoms with E-state index in [9.17, 15) is 9.59 Å². The van der Waals surface area contributed by atoms with Gasteiger partial charge in [-0.25, -0.2) is 4.98 Å². The number of ether oxygens (including phenoxy) is 2. The van der Waals surface area contributed by atoms with Gasteiger partial charge in [0.15, 0.2) is 16.7 Å². The zero-order valence-corrected chi connectivity index (χ0v) is 21.0. The number of nitrogens with one attached hydrogen (secondary N) is 1. The Morgan fingerprint density at radius 2 is 1.91 bits per heavy atom. The third-order valence-corrected chi connectivity index (χ3v) is 7.42. The standard InChI is InChI=1S/C24H34N4O5S/c1-24(2,31-3)16-28-10-8-27(9-11-28)15-19(29)25-23-26-20(18-5-4-12-33-18)22(34-23)21(30)17-6-13-32-14-7-17/h4-5,12,17H,6-11,13-16H2,1-3H3,(H,25,26,29). The van der Waals surface area contributed by atoms with Crippen LogP contribution < -0.4 is 5.32 Å². The number of rotatable bonds is 9. The van der Waals surface area contributed by atoms with Crippen LogP contribution in [0.3, 0.4) is 0 Å². The Labute approximate surface area is 204 Å². The van der Waals surface area contributed by atoms with Crippen molar-refractivity contribution in [2.75, 3.05) is 64.9 Å². The molecule has 2 aromatic heterocycles. The molecule has 0 unspecified atom stereocenters. The summed E-state index contributed by atoms with van der Waals surface area (Å²) in [6, 6.07) is 3.55. The highest BCUT2D eigenvalue weighted by Gasteiger charge is 2.30. The molecule has 2 aliphatic rings. The van der Waals surface area contributed by atoms with Crippen molar-refractivity contribution in [2.45, 2.75) is 32.3 Å². The average molecular weight is 491 g/mol. The number of thiazole rings is 1. The van der Waals surface area contributed by atoms with Crippen LogP contribution >= 0.6 is 11.3 Å². The quantitative estimate of drug-likeness (QED) is 0.536. The second kappa shape index (κ2) is 11.1.